The minimum absolute atomic E-state index is 0.0652. The van der Waals surface area contributed by atoms with Crippen LogP contribution in [0.2, 0.25) is 0 Å². The van der Waals surface area contributed by atoms with Gasteiger partial charge in [0.2, 0.25) is 5.91 Å². The Labute approximate surface area is 108 Å². The van der Waals surface area contributed by atoms with Crippen molar-refractivity contribution in [2.75, 3.05) is 25.5 Å². The van der Waals surface area contributed by atoms with E-state index in [4.69, 9.17) is 4.74 Å². The number of anilines is 1. The molecule has 2 N–H and O–H groups in total. The highest BCUT2D eigenvalue weighted by Gasteiger charge is 2.23. The first-order valence-corrected chi connectivity index (χ1v) is 6.28. The Morgan fingerprint density at radius 3 is 2.83 bits per heavy atom. The zero-order valence-corrected chi connectivity index (χ0v) is 11.2. The molecule has 1 aliphatic rings. The summed E-state index contributed by atoms with van der Waals surface area (Å²) in [5, 5.41) is 6.19. The summed E-state index contributed by atoms with van der Waals surface area (Å²) in [4.78, 5) is 12.1. The number of hydrogen-bond donors (Lipinski definition) is 2. The zero-order valence-electron chi connectivity index (χ0n) is 11.2. The lowest BCUT2D eigenvalue weighted by Gasteiger charge is -2.16. The molecule has 1 aromatic carbocycles. The lowest BCUT2D eigenvalue weighted by Crippen LogP contribution is -2.25. The van der Waals surface area contributed by atoms with Crippen LogP contribution < -0.4 is 15.4 Å². The molecule has 1 heterocycles. The molecule has 0 aromatic heterocycles. The first kappa shape index (κ1) is 12.9. The van der Waals surface area contributed by atoms with Gasteiger partial charge < -0.3 is 15.4 Å². The molecule has 2 rings (SSSR count). The van der Waals surface area contributed by atoms with Gasteiger partial charge >= 0.3 is 0 Å². The number of amides is 1. The van der Waals surface area contributed by atoms with Gasteiger partial charge in [0.1, 0.15) is 5.75 Å². The van der Waals surface area contributed by atoms with Crippen LogP contribution in [0.3, 0.4) is 0 Å². The van der Waals surface area contributed by atoms with Gasteiger partial charge in [0, 0.05) is 6.54 Å². The Morgan fingerprint density at radius 2 is 2.22 bits per heavy atom. The average molecular weight is 248 g/mol. The lowest BCUT2D eigenvalue weighted by atomic mass is 10.1. The molecular formula is C14H20N2O2. The quantitative estimate of drug-likeness (QED) is 0.858. The number of carbonyl (C=O) groups excluding carboxylic acids is 1. The minimum atomic E-state index is 0.0652. The summed E-state index contributed by atoms with van der Waals surface area (Å²) in [6.45, 7) is 5.68. The fraction of sp³-hybridized carbons (Fsp3) is 0.500. The summed E-state index contributed by atoms with van der Waals surface area (Å²) in [6.07, 6.45) is 0.902. The van der Waals surface area contributed by atoms with Crippen LogP contribution in [0.15, 0.2) is 12.1 Å². The van der Waals surface area contributed by atoms with Crippen molar-refractivity contribution in [1.82, 2.24) is 5.32 Å². The predicted molar refractivity (Wildman–Crippen MR) is 72.1 cm³/mol. The molecule has 0 saturated carbocycles. The second-order valence-corrected chi connectivity index (χ2v) is 4.84. The predicted octanol–water partition coefficient (Wildman–Crippen LogP) is 1.86. The van der Waals surface area contributed by atoms with Crippen LogP contribution in [0, 0.1) is 19.8 Å². The molecule has 1 atom stereocenters. The third kappa shape index (κ3) is 2.64. The highest BCUT2D eigenvalue weighted by atomic mass is 16.5. The van der Waals surface area contributed by atoms with Gasteiger partial charge in [-0.15, -0.1) is 0 Å². The van der Waals surface area contributed by atoms with Crippen LogP contribution >= 0.6 is 0 Å². The van der Waals surface area contributed by atoms with Crippen molar-refractivity contribution in [3.05, 3.63) is 23.3 Å². The van der Waals surface area contributed by atoms with Crippen LogP contribution in [-0.2, 0) is 4.79 Å². The fourth-order valence-corrected chi connectivity index (χ4v) is 2.35. The largest absolute Gasteiger partial charge is 0.495 e. The molecule has 1 saturated heterocycles. The van der Waals surface area contributed by atoms with Gasteiger partial charge in [0.15, 0.2) is 0 Å². The Morgan fingerprint density at radius 1 is 1.44 bits per heavy atom. The number of methoxy groups -OCH3 is 1. The van der Waals surface area contributed by atoms with Crippen molar-refractivity contribution >= 4 is 11.6 Å². The number of benzene rings is 1. The van der Waals surface area contributed by atoms with E-state index in [0.717, 1.165) is 42.1 Å². The van der Waals surface area contributed by atoms with Crippen LogP contribution in [0.25, 0.3) is 0 Å². The number of hydrogen-bond acceptors (Lipinski definition) is 3. The third-order valence-corrected chi connectivity index (χ3v) is 3.34. The van der Waals surface area contributed by atoms with E-state index in [1.54, 1.807) is 7.11 Å². The number of nitrogens with one attached hydrogen (secondary N) is 2. The van der Waals surface area contributed by atoms with Crippen molar-refractivity contribution in [1.29, 1.82) is 0 Å². The molecule has 0 aliphatic carbocycles. The van der Waals surface area contributed by atoms with E-state index in [9.17, 15) is 4.79 Å². The van der Waals surface area contributed by atoms with E-state index >= 15 is 0 Å². The standard InChI is InChI=1S/C14H20N2O2/c1-9-6-10(2)13(12(7-9)18-3)16-14(17)11-4-5-15-8-11/h6-7,11,15H,4-5,8H2,1-3H3,(H,16,17). The molecule has 98 valence electrons. The molecule has 0 spiro atoms. The topological polar surface area (TPSA) is 50.4 Å². The summed E-state index contributed by atoms with van der Waals surface area (Å²) in [5.41, 5.74) is 2.95. The molecule has 1 amide bonds. The Balaban J connectivity index is 2.19. The van der Waals surface area contributed by atoms with E-state index in [-0.39, 0.29) is 11.8 Å². The zero-order chi connectivity index (χ0) is 13.1. The van der Waals surface area contributed by atoms with Gasteiger partial charge in [0.05, 0.1) is 18.7 Å². The van der Waals surface area contributed by atoms with Gasteiger partial charge in [-0.2, -0.15) is 0 Å². The second-order valence-electron chi connectivity index (χ2n) is 4.84. The van der Waals surface area contributed by atoms with Gasteiger partial charge in [-0.05, 0) is 44.0 Å². The normalized spacial score (nSPS) is 18.7. The first-order valence-electron chi connectivity index (χ1n) is 6.28. The van der Waals surface area contributed by atoms with Crippen molar-refractivity contribution in [3.63, 3.8) is 0 Å². The van der Waals surface area contributed by atoms with Crippen LogP contribution in [-0.4, -0.2) is 26.1 Å². The monoisotopic (exact) mass is 248 g/mol. The molecule has 0 radical (unpaired) electrons. The smallest absolute Gasteiger partial charge is 0.228 e. The maximum atomic E-state index is 12.1. The third-order valence-electron chi connectivity index (χ3n) is 3.34. The molecule has 4 heteroatoms. The number of rotatable bonds is 3. The van der Waals surface area contributed by atoms with Gasteiger partial charge in [-0.3, -0.25) is 4.79 Å². The van der Waals surface area contributed by atoms with Crippen LogP contribution in [0.4, 0.5) is 5.69 Å². The van der Waals surface area contributed by atoms with Gasteiger partial charge in [-0.25, -0.2) is 0 Å². The van der Waals surface area contributed by atoms with Crippen LogP contribution in [0.1, 0.15) is 17.5 Å². The molecule has 1 fully saturated rings. The first-order chi connectivity index (χ1) is 8.61. The van der Waals surface area contributed by atoms with E-state index in [1.807, 2.05) is 26.0 Å². The fourth-order valence-electron chi connectivity index (χ4n) is 2.35. The molecule has 1 aliphatic heterocycles. The Hall–Kier alpha value is -1.55. The van der Waals surface area contributed by atoms with Gasteiger partial charge in [0.25, 0.3) is 0 Å². The highest BCUT2D eigenvalue weighted by molar-refractivity contribution is 5.95. The van der Waals surface area contributed by atoms with E-state index in [2.05, 4.69) is 10.6 Å². The molecule has 1 unspecified atom stereocenters. The second kappa shape index (κ2) is 5.40. The maximum Gasteiger partial charge on any atom is 0.228 e. The Kier molecular flexibility index (Phi) is 3.87. The van der Waals surface area contributed by atoms with Crippen molar-refractivity contribution in [3.8, 4) is 5.75 Å². The average Bonchev–Trinajstić information content (AvgIpc) is 2.85. The highest BCUT2D eigenvalue weighted by Crippen LogP contribution is 2.30. The van der Waals surface area contributed by atoms with Crippen molar-refractivity contribution in [2.45, 2.75) is 20.3 Å². The molecular weight excluding hydrogens is 228 g/mol. The SMILES string of the molecule is COc1cc(C)cc(C)c1NC(=O)C1CCNC1. The summed E-state index contributed by atoms with van der Waals surface area (Å²) in [6, 6.07) is 3.99. The van der Waals surface area contributed by atoms with Crippen LogP contribution in [0.5, 0.6) is 5.75 Å². The summed E-state index contributed by atoms with van der Waals surface area (Å²) < 4.78 is 5.34. The number of ether oxygens (including phenoxy) is 1. The minimum Gasteiger partial charge on any atom is -0.495 e. The Bertz CT molecular complexity index is 451. The molecule has 18 heavy (non-hydrogen) atoms. The summed E-state index contributed by atoms with van der Waals surface area (Å²) in [5.74, 6) is 0.868. The number of aryl methyl sites for hydroxylation is 2. The molecule has 0 bridgehead atoms. The van der Waals surface area contributed by atoms with E-state index in [1.165, 1.54) is 0 Å². The summed E-state index contributed by atoms with van der Waals surface area (Å²) >= 11 is 0. The van der Waals surface area contributed by atoms with Crippen molar-refractivity contribution in [2.24, 2.45) is 5.92 Å². The number of carbonyl (C=O) groups is 1. The lowest BCUT2D eigenvalue weighted by molar-refractivity contribution is -0.119. The van der Waals surface area contributed by atoms with E-state index in [0.29, 0.717) is 0 Å². The van der Waals surface area contributed by atoms with Crippen molar-refractivity contribution < 1.29 is 9.53 Å². The maximum absolute atomic E-state index is 12.1. The summed E-state index contributed by atoms with van der Waals surface area (Å²) in [7, 11) is 1.63. The molecule has 1 aromatic rings. The van der Waals surface area contributed by atoms with Gasteiger partial charge in [-0.1, -0.05) is 6.07 Å². The molecule has 4 nitrogen and oxygen atoms in total. The van der Waals surface area contributed by atoms with E-state index < -0.39 is 0 Å².